The molecule has 2 rings (SSSR count). The van der Waals surface area contributed by atoms with Crippen LogP contribution in [0.25, 0.3) is 0 Å². The van der Waals surface area contributed by atoms with Crippen LogP contribution in [0.4, 0.5) is 15.8 Å². The van der Waals surface area contributed by atoms with Crippen LogP contribution < -0.4 is 10.2 Å². The summed E-state index contributed by atoms with van der Waals surface area (Å²) in [5, 5.41) is 2.76. The molecule has 0 atom stereocenters. The number of carbonyl (C=O) groups excluding carboxylic acids is 1. The van der Waals surface area contributed by atoms with Crippen LogP contribution >= 0.6 is 0 Å². The van der Waals surface area contributed by atoms with Crippen LogP contribution in [-0.2, 0) is 0 Å². The van der Waals surface area contributed by atoms with Gasteiger partial charge in [0.05, 0.1) is 11.4 Å². The Kier molecular flexibility index (Phi) is 3.75. The molecular weight excluding hydrogens is 245 g/mol. The Morgan fingerprint density at radius 1 is 1.26 bits per heavy atom. The Bertz CT molecular complexity index is 599. The van der Waals surface area contributed by atoms with Crippen molar-refractivity contribution < 1.29 is 9.18 Å². The summed E-state index contributed by atoms with van der Waals surface area (Å²) in [5.74, 6) is -1.04. The molecule has 1 N–H and O–H groups in total. The van der Waals surface area contributed by atoms with Crippen molar-refractivity contribution >= 4 is 17.3 Å². The van der Waals surface area contributed by atoms with Gasteiger partial charge in [0.2, 0.25) is 5.95 Å². The summed E-state index contributed by atoms with van der Waals surface area (Å²) in [5.41, 5.74) is 1.79. The van der Waals surface area contributed by atoms with Gasteiger partial charge in [-0.15, -0.1) is 0 Å². The molecule has 0 spiro atoms. The lowest BCUT2D eigenvalue weighted by molar-refractivity contribution is 0.102. The highest BCUT2D eigenvalue weighted by molar-refractivity contribution is 6.05. The molecule has 0 saturated carbocycles. The maximum Gasteiger partial charge on any atom is 0.255 e. The van der Waals surface area contributed by atoms with Crippen LogP contribution in [-0.4, -0.2) is 25.0 Å². The van der Waals surface area contributed by atoms with E-state index in [-0.39, 0.29) is 11.5 Å². The maximum absolute atomic E-state index is 13.0. The smallest absolute Gasteiger partial charge is 0.255 e. The van der Waals surface area contributed by atoms with Gasteiger partial charge in [-0.25, -0.2) is 4.98 Å². The van der Waals surface area contributed by atoms with E-state index in [0.29, 0.717) is 5.69 Å². The van der Waals surface area contributed by atoms with Crippen molar-refractivity contribution in [2.75, 3.05) is 24.3 Å². The molecule has 0 aliphatic carbocycles. The number of aromatic nitrogens is 1. The van der Waals surface area contributed by atoms with E-state index in [9.17, 15) is 9.18 Å². The number of nitrogens with one attached hydrogen (secondary N) is 1. The molecule has 19 heavy (non-hydrogen) atoms. The topological polar surface area (TPSA) is 45.2 Å². The highest BCUT2D eigenvalue weighted by Gasteiger charge is 2.10. The molecule has 4 nitrogen and oxygen atoms in total. The Balaban J connectivity index is 2.24. The van der Waals surface area contributed by atoms with Crippen molar-refractivity contribution in [3.8, 4) is 0 Å². The van der Waals surface area contributed by atoms with E-state index in [2.05, 4.69) is 10.3 Å². The van der Waals surface area contributed by atoms with Crippen molar-refractivity contribution in [2.45, 2.75) is 0 Å². The van der Waals surface area contributed by atoms with Gasteiger partial charge in [0.1, 0.15) is 0 Å². The van der Waals surface area contributed by atoms with Gasteiger partial charge < -0.3 is 10.2 Å². The Labute approximate surface area is 110 Å². The summed E-state index contributed by atoms with van der Waals surface area (Å²) in [4.78, 5) is 17.3. The minimum absolute atomic E-state index is 0.237. The number of hydrogen-bond donors (Lipinski definition) is 1. The van der Waals surface area contributed by atoms with Crippen molar-refractivity contribution in [1.29, 1.82) is 0 Å². The van der Waals surface area contributed by atoms with Crippen LogP contribution in [0.5, 0.6) is 0 Å². The third-order valence-electron chi connectivity index (χ3n) is 2.62. The number of amides is 1. The number of hydrogen-bond acceptors (Lipinski definition) is 3. The lowest BCUT2D eigenvalue weighted by atomic mass is 10.2. The third-order valence-corrected chi connectivity index (χ3v) is 2.62. The first-order valence-corrected chi connectivity index (χ1v) is 5.77. The van der Waals surface area contributed by atoms with E-state index < -0.39 is 5.95 Å². The monoisotopic (exact) mass is 259 g/mol. The first-order chi connectivity index (χ1) is 9.08. The molecule has 0 bridgehead atoms. The van der Waals surface area contributed by atoms with Crippen molar-refractivity contribution in [3.05, 3.63) is 54.1 Å². The molecule has 2 aromatic rings. The fraction of sp³-hybridized carbons (Fsp3) is 0.143. The highest BCUT2D eigenvalue weighted by Crippen LogP contribution is 2.23. The fourth-order valence-corrected chi connectivity index (χ4v) is 1.71. The van der Waals surface area contributed by atoms with E-state index in [4.69, 9.17) is 0 Å². The van der Waals surface area contributed by atoms with Crippen LogP contribution in [0.1, 0.15) is 10.4 Å². The molecule has 0 aliphatic heterocycles. The number of halogens is 1. The number of rotatable bonds is 3. The molecule has 0 radical (unpaired) electrons. The Hall–Kier alpha value is -2.43. The van der Waals surface area contributed by atoms with Gasteiger partial charge in [-0.3, -0.25) is 4.79 Å². The van der Waals surface area contributed by atoms with Crippen LogP contribution in [0.2, 0.25) is 0 Å². The SMILES string of the molecule is CN(C)c1ccccc1NC(=O)c1ccnc(F)c1. The molecule has 5 heteroatoms. The molecule has 1 aromatic heterocycles. The summed E-state index contributed by atoms with van der Waals surface area (Å²) < 4.78 is 13.0. The molecule has 1 aromatic carbocycles. The third kappa shape index (κ3) is 3.07. The summed E-state index contributed by atoms with van der Waals surface area (Å²) in [7, 11) is 3.77. The number of carbonyl (C=O) groups is 1. The van der Waals surface area contributed by atoms with E-state index >= 15 is 0 Å². The molecule has 0 saturated heterocycles. The van der Waals surface area contributed by atoms with Crippen LogP contribution in [0, 0.1) is 5.95 Å². The maximum atomic E-state index is 13.0. The molecule has 1 heterocycles. The summed E-state index contributed by atoms with van der Waals surface area (Å²) in [6, 6.07) is 9.98. The van der Waals surface area contributed by atoms with E-state index in [0.717, 1.165) is 11.8 Å². The van der Waals surface area contributed by atoms with Crippen LogP contribution in [0.15, 0.2) is 42.6 Å². The largest absolute Gasteiger partial charge is 0.376 e. The van der Waals surface area contributed by atoms with Gasteiger partial charge >= 0.3 is 0 Å². The van der Waals surface area contributed by atoms with Gasteiger partial charge in [-0.2, -0.15) is 4.39 Å². The number of benzene rings is 1. The minimum Gasteiger partial charge on any atom is -0.376 e. The number of anilines is 2. The minimum atomic E-state index is -0.673. The molecule has 0 aliphatic rings. The quantitative estimate of drug-likeness (QED) is 0.861. The average molecular weight is 259 g/mol. The van der Waals surface area contributed by atoms with Gasteiger partial charge in [0.25, 0.3) is 5.91 Å². The van der Waals surface area contributed by atoms with Gasteiger partial charge in [0.15, 0.2) is 0 Å². The predicted octanol–water partition coefficient (Wildman–Crippen LogP) is 2.54. The lowest BCUT2D eigenvalue weighted by Crippen LogP contribution is -2.16. The molecule has 0 fully saturated rings. The number of pyridine rings is 1. The van der Waals surface area contributed by atoms with Gasteiger partial charge in [0, 0.05) is 31.9 Å². The normalized spacial score (nSPS) is 10.1. The first kappa shape index (κ1) is 13.0. The van der Waals surface area contributed by atoms with Crippen molar-refractivity contribution in [2.24, 2.45) is 0 Å². The highest BCUT2D eigenvalue weighted by atomic mass is 19.1. The molecule has 1 amide bonds. The van der Waals surface area contributed by atoms with Crippen molar-refractivity contribution in [3.63, 3.8) is 0 Å². The Morgan fingerprint density at radius 2 is 2.00 bits per heavy atom. The van der Waals surface area contributed by atoms with Gasteiger partial charge in [-0.05, 0) is 18.2 Å². The second kappa shape index (κ2) is 5.48. The van der Waals surface area contributed by atoms with E-state index in [1.165, 1.54) is 12.3 Å². The summed E-state index contributed by atoms with van der Waals surface area (Å²) >= 11 is 0. The van der Waals surface area contributed by atoms with E-state index in [1.807, 2.05) is 37.2 Å². The second-order valence-electron chi connectivity index (χ2n) is 4.23. The lowest BCUT2D eigenvalue weighted by Gasteiger charge is -2.17. The number of para-hydroxylation sites is 2. The van der Waals surface area contributed by atoms with Gasteiger partial charge in [-0.1, -0.05) is 12.1 Å². The second-order valence-corrected chi connectivity index (χ2v) is 4.23. The zero-order chi connectivity index (χ0) is 13.8. The summed E-state index contributed by atoms with van der Waals surface area (Å²) in [6.45, 7) is 0. The van der Waals surface area contributed by atoms with Crippen molar-refractivity contribution in [1.82, 2.24) is 4.98 Å². The Morgan fingerprint density at radius 3 is 2.68 bits per heavy atom. The average Bonchev–Trinajstić information content (AvgIpc) is 2.39. The predicted molar refractivity (Wildman–Crippen MR) is 72.9 cm³/mol. The zero-order valence-corrected chi connectivity index (χ0v) is 10.7. The van der Waals surface area contributed by atoms with Crippen LogP contribution in [0.3, 0.4) is 0 Å². The van der Waals surface area contributed by atoms with E-state index in [1.54, 1.807) is 6.07 Å². The summed E-state index contributed by atoms with van der Waals surface area (Å²) in [6.07, 6.45) is 1.27. The molecule has 98 valence electrons. The standard InChI is InChI=1S/C14H14FN3O/c1-18(2)12-6-4-3-5-11(12)17-14(19)10-7-8-16-13(15)9-10/h3-9H,1-2H3,(H,17,19). The first-order valence-electron chi connectivity index (χ1n) is 5.77. The fourth-order valence-electron chi connectivity index (χ4n) is 1.71. The molecule has 0 unspecified atom stereocenters. The zero-order valence-electron chi connectivity index (χ0n) is 10.7. The molecular formula is C14H14FN3O. The number of nitrogens with zero attached hydrogens (tertiary/aromatic N) is 2.